The molecule has 0 saturated carbocycles. The van der Waals surface area contributed by atoms with Gasteiger partial charge in [0.15, 0.2) is 17.4 Å². The lowest BCUT2D eigenvalue weighted by atomic mass is 10.2. The van der Waals surface area contributed by atoms with Crippen LogP contribution < -0.4 is 10.1 Å². The molecule has 1 fully saturated rings. The van der Waals surface area contributed by atoms with E-state index in [4.69, 9.17) is 14.2 Å². The molecule has 3 rings (SSSR count). The number of ether oxygens (including phenoxy) is 3. The molecule has 0 aliphatic carbocycles. The van der Waals surface area contributed by atoms with E-state index in [1.165, 1.54) is 19.5 Å². The number of benzene rings is 1. The fourth-order valence-electron chi connectivity index (χ4n) is 2.38. The number of hydrogen-bond donors (Lipinski definition) is 1. The molecule has 2 heterocycles. The summed E-state index contributed by atoms with van der Waals surface area (Å²) in [4.78, 5) is 8.30. The Kier molecular flexibility index (Phi) is 4.08. The van der Waals surface area contributed by atoms with Crippen LogP contribution in [-0.4, -0.2) is 42.6 Å². The molecule has 0 bridgehead atoms. The number of fused-ring (bicyclic) bond motifs is 1. The normalized spacial score (nSPS) is 17.4. The van der Waals surface area contributed by atoms with Gasteiger partial charge in [0.1, 0.15) is 12.1 Å². The van der Waals surface area contributed by atoms with Gasteiger partial charge in [0.2, 0.25) is 0 Å². The van der Waals surface area contributed by atoms with Gasteiger partial charge in [0.05, 0.1) is 32.4 Å². The van der Waals surface area contributed by atoms with Crippen LogP contribution in [0.15, 0.2) is 18.5 Å². The van der Waals surface area contributed by atoms with Gasteiger partial charge in [-0.3, -0.25) is 0 Å². The van der Waals surface area contributed by atoms with Gasteiger partial charge in [-0.25, -0.2) is 14.4 Å². The van der Waals surface area contributed by atoms with Crippen molar-refractivity contribution in [2.75, 3.05) is 32.2 Å². The summed E-state index contributed by atoms with van der Waals surface area (Å²) in [7, 11) is 1.42. The molecule has 7 heteroatoms. The van der Waals surface area contributed by atoms with Crippen LogP contribution in [0.3, 0.4) is 0 Å². The Morgan fingerprint density at radius 1 is 1.32 bits per heavy atom. The van der Waals surface area contributed by atoms with E-state index in [9.17, 15) is 4.39 Å². The van der Waals surface area contributed by atoms with Crippen molar-refractivity contribution in [3.05, 3.63) is 24.3 Å². The van der Waals surface area contributed by atoms with Crippen molar-refractivity contribution < 1.29 is 18.6 Å². The highest BCUT2D eigenvalue weighted by Crippen LogP contribution is 2.28. The topological polar surface area (TPSA) is 65.5 Å². The lowest BCUT2D eigenvalue weighted by Gasteiger charge is -2.34. The minimum atomic E-state index is -0.695. The average molecular weight is 307 g/mol. The van der Waals surface area contributed by atoms with Crippen LogP contribution in [0.25, 0.3) is 10.9 Å². The Bertz CT molecular complexity index is 674. The molecule has 118 valence electrons. The van der Waals surface area contributed by atoms with Gasteiger partial charge in [-0.15, -0.1) is 0 Å². The van der Waals surface area contributed by atoms with Crippen LogP contribution in [0.2, 0.25) is 0 Å². The zero-order chi connectivity index (χ0) is 15.6. The number of anilines is 1. The Balaban J connectivity index is 1.87. The largest absolute Gasteiger partial charge is 0.494 e. The van der Waals surface area contributed by atoms with E-state index in [0.29, 0.717) is 36.5 Å². The fraction of sp³-hybridized carbons (Fsp3) is 0.467. The van der Waals surface area contributed by atoms with Crippen molar-refractivity contribution in [1.29, 1.82) is 0 Å². The maximum atomic E-state index is 13.7. The molecule has 0 unspecified atom stereocenters. The third kappa shape index (κ3) is 2.95. The van der Waals surface area contributed by atoms with Crippen LogP contribution in [0.1, 0.15) is 13.3 Å². The SMILES string of the molecule is COc1cc2c(NCC3(C)OCCCO3)ncnc2cc1F. The van der Waals surface area contributed by atoms with Crippen molar-refractivity contribution in [3.8, 4) is 5.75 Å². The molecule has 6 nitrogen and oxygen atoms in total. The zero-order valence-electron chi connectivity index (χ0n) is 12.6. The van der Waals surface area contributed by atoms with Crippen LogP contribution in [0.5, 0.6) is 5.75 Å². The first-order valence-electron chi connectivity index (χ1n) is 7.11. The van der Waals surface area contributed by atoms with Crippen molar-refractivity contribution in [2.24, 2.45) is 0 Å². The smallest absolute Gasteiger partial charge is 0.182 e. The van der Waals surface area contributed by atoms with Crippen molar-refractivity contribution in [2.45, 2.75) is 19.1 Å². The second-order valence-corrected chi connectivity index (χ2v) is 5.26. The number of nitrogens with zero attached hydrogens (tertiary/aromatic N) is 2. The second-order valence-electron chi connectivity index (χ2n) is 5.26. The molecular weight excluding hydrogens is 289 g/mol. The van der Waals surface area contributed by atoms with E-state index in [-0.39, 0.29) is 5.75 Å². The minimum Gasteiger partial charge on any atom is -0.494 e. The summed E-state index contributed by atoms with van der Waals surface area (Å²) in [6.45, 7) is 3.64. The highest BCUT2D eigenvalue weighted by molar-refractivity contribution is 5.90. The maximum absolute atomic E-state index is 13.7. The summed E-state index contributed by atoms with van der Waals surface area (Å²) in [5, 5.41) is 3.87. The summed E-state index contributed by atoms with van der Waals surface area (Å²) >= 11 is 0. The zero-order valence-corrected chi connectivity index (χ0v) is 12.6. The molecular formula is C15H18FN3O3. The van der Waals surface area contributed by atoms with Crippen LogP contribution >= 0.6 is 0 Å². The van der Waals surface area contributed by atoms with Gasteiger partial charge in [-0.1, -0.05) is 0 Å². The molecule has 0 amide bonds. The number of hydrogen-bond acceptors (Lipinski definition) is 6. The Morgan fingerprint density at radius 2 is 2.09 bits per heavy atom. The van der Waals surface area contributed by atoms with Crippen LogP contribution in [-0.2, 0) is 9.47 Å². The molecule has 1 N–H and O–H groups in total. The van der Waals surface area contributed by atoms with Crippen molar-refractivity contribution >= 4 is 16.7 Å². The second kappa shape index (κ2) is 6.02. The minimum absolute atomic E-state index is 0.154. The van der Waals surface area contributed by atoms with E-state index < -0.39 is 11.6 Å². The summed E-state index contributed by atoms with van der Waals surface area (Å²) in [5.41, 5.74) is 0.506. The molecule has 2 aromatic rings. The third-order valence-electron chi connectivity index (χ3n) is 3.59. The number of halogens is 1. The number of methoxy groups -OCH3 is 1. The molecule has 22 heavy (non-hydrogen) atoms. The van der Waals surface area contributed by atoms with Gasteiger partial charge < -0.3 is 19.5 Å². The van der Waals surface area contributed by atoms with Gasteiger partial charge in [0, 0.05) is 11.5 Å². The molecule has 1 aromatic heterocycles. The highest BCUT2D eigenvalue weighted by Gasteiger charge is 2.29. The fourth-order valence-corrected chi connectivity index (χ4v) is 2.38. The summed E-state index contributed by atoms with van der Waals surface area (Å²) in [6.07, 6.45) is 2.28. The Hall–Kier alpha value is -1.99. The molecule has 1 saturated heterocycles. The predicted octanol–water partition coefficient (Wildman–Crippen LogP) is 2.34. The molecule has 0 radical (unpaired) electrons. The Labute approximate surface area is 127 Å². The van der Waals surface area contributed by atoms with Crippen LogP contribution in [0.4, 0.5) is 10.2 Å². The number of nitrogens with one attached hydrogen (secondary N) is 1. The third-order valence-corrected chi connectivity index (χ3v) is 3.59. The van der Waals surface area contributed by atoms with E-state index in [1.807, 2.05) is 6.92 Å². The van der Waals surface area contributed by atoms with Gasteiger partial charge >= 0.3 is 0 Å². The number of aromatic nitrogens is 2. The van der Waals surface area contributed by atoms with E-state index in [1.54, 1.807) is 6.07 Å². The van der Waals surface area contributed by atoms with Gasteiger partial charge in [0.25, 0.3) is 0 Å². The van der Waals surface area contributed by atoms with E-state index in [2.05, 4.69) is 15.3 Å². The molecule has 0 spiro atoms. The molecule has 1 aliphatic rings. The van der Waals surface area contributed by atoms with Gasteiger partial charge in [-0.05, 0) is 19.4 Å². The lowest BCUT2D eigenvalue weighted by molar-refractivity contribution is -0.246. The summed E-state index contributed by atoms with van der Waals surface area (Å²) in [6, 6.07) is 2.91. The standard InChI is InChI=1S/C15H18FN3O3/c1-15(21-4-3-5-22-15)8-17-14-10-6-13(20-2)11(16)7-12(10)18-9-19-14/h6-7,9H,3-5,8H2,1-2H3,(H,17,18,19). The molecule has 0 atom stereocenters. The highest BCUT2D eigenvalue weighted by atomic mass is 19.1. The van der Waals surface area contributed by atoms with Gasteiger partial charge in [-0.2, -0.15) is 0 Å². The molecule has 1 aliphatic heterocycles. The molecule has 1 aromatic carbocycles. The first-order chi connectivity index (χ1) is 10.6. The predicted molar refractivity (Wildman–Crippen MR) is 79.5 cm³/mol. The quantitative estimate of drug-likeness (QED) is 0.935. The van der Waals surface area contributed by atoms with Crippen molar-refractivity contribution in [1.82, 2.24) is 9.97 Å². The maximum Gasteiger partial charge on any atom is 0.182 e. The first-order valence-corrected chi connectivity index (χ1v) is 7.11. The monoisotopic (exact) mass is 307 g/mol. The number of rotatable bonds is 4. The Morgan fingerprint density at radius 3 is 2.82 bits per heavy atom. The van der Waals surface area contributed by atoms with E-state index in [0.717, 1.165) is 6.42 Å². The van der Waals surface area contributed by atoms with Crippen LogP contribution in [0, 0.1) is 5.82 Å². The first kappa shape index (κ1) is 14.9. The lowest BCUT2D eigenvalue weighted by Crippen LogP contribution is -2.43. The average Bonchev–Trinajstić information content (AvgIpc) is 2.53. The summed E-state index contributed by atoms with van der Waals surface area (Å²) < 4.78 is 30.1. The van der Waals surface area contributed by atoms with Crippen molar-refractivity contribution in [3.63, 3.8) is 0 Å². The van der Waals surface area contributed by atoms with E-state index >= 15 is 0 Å². The summed E-state index contributed by atoms with van der Waals surface area (Å²) in [5.74, 6) is -0.408.